The summed E-state index contributed by atoms with van der Waals surface area (Å²) in [5.74, 6) is 1.38. The van der Waals surface area contributed by atoms with E-state index >= 15 is 0 Å². The molecule has 3 heterocycles. The number of aryl methyl sites for hydroxylation is 1. The molecule has 0 saturated carbocycles. The summed E-state index contributed by atoms with van der Waals surface area (Å²) in [6.45, 7) is 6.75. The second-order valence-electron chi connectivity index (χ2n) is 6.79. The van der Waals surface area contributed by atoms with Crippen LogP contribution >= 0.6 is 0 Å². The first kappa shape index (κ1) is 18.3. The van der Waals surface area contributed by atoms with Gasteiger partial charge in [0, 0.05) is 33.2 Å². The average molecular weight is 360 g/mol. The molecule has 8 heteroatoms. The number of amides is 1. The predicted molar refractivity (Wildman–Crippen MR) is 92.8 cm³/mol. The van der Waals surface area contributed by atoms with Crippen molar-refractivity contribution in [2.75, 3.05) is 20.3 Å². The van der Waals surface area contributed by atoms with Crippen molar-refractivity contribution in [3.63, 3.8) is 0 Å². The normalized spacial score (nSPS) is 20.0. The van der Waals surface area contributed by atoms with Crippen LogP contribution in [0.3, 0.4) is 0 Å². The molecule has 1 aliphatic rings. The first-order valence-corrected chi connectivity index (χ1v) is 8.71. The molecule has 0 spiro atoms. The van der Waals surface area contributed by atoms with Crippen LogP contribution in [0.5, 0.6) is 5.88 Å². The molecule has 140 valence electrons. The number of pyridine rings is 1. The Morgan fingerprint density at radius 1 is 1.42 bits per heavy atom. The number of rotatable bonds is 6. The zero-order valence-corrected chi connectivity index (χ0v) is 15.5. The second kappa shape index (κ2) is 7.82. The van der Waals surface area contributed by atoms with Gasteiger partial charge >= 0.3 is 0 Å². The van der Waals surface area contributed by atoms with E-state index in [-0.39, 0.29) is 18.1 Å². The minimum absolute atomic E-state index is 0.0899. The van der Waals surface area contributed by atoms with E-state index in [9.17, 15) is 4.79 Å². The van der Waals surface area contributed by atoms with Crippen LogP contribution in [0.1, 0.15) is 48.4 Å². The lowest BCUT2D eigenvalue weighted by Gasteiger charge is -2.22. The van der Waals surface area contributed by atoms with Crippen LogP contribution < -0.4 is 4.74 Å². The van der Waals surface area contributed by atoms with Crippen molar-refractivity contribution in [1.29, 1.82) is 0 Å². The molecule has 2 aromatic rings. The van der Waals surface area contributed by atoms with Crippen LogP contribution in [0.25, 0.3) is 0 Å². The summed E-state index contributed by atoms with van der Waals surface area (Å²) in [6, 6.07) is 3.12. The summed E-state index contributed by atoms with van der Waals surface area (Å²) in [7, 11) is 1.63. The van der Waals surface area contributed by atoms with E-state index in [1.807, 2.05) is 13.8 Å². The highest BCUT2D eigenvalue weighted by Gasteiger charge is 2.40. The van der Waals surface area contributed by atoms with Crippen molar-refractivity contribution in [2.24, 2.45) is 5.92 Å². The van der Waals surface area contributed by atoms with Crippen molar-refractivity contribution in [3.05, 3.63) is 35.7 Å². The van der Waals surface area contributed by atoms with E-state index in [1.165, 1.54) is 0 Å². The standard InChI is InChI=1S/C18H24N4O4/c1-11(2)10-25-16-14(6-5-7-19-16)18(23)22-9-13(24-4)8-15(22)17-21-20-12(3)26-17/h5-7,11,13,15H,8-10H2,1-4H3/t13-,15+/m0/s1. The molecule has 2 atom stereocenters. The highest BCUT2D eigenvalue weighted by atomic mass is 16.5. The molecule has 0 bridgehead atoms. The quantitative estimate of drug-likeness (QED) is 0.781. The maximum Gasteiger partial charge on any atom is 0.260 e. The monoisotopic (exact) mass is 360 g/mol. The molecule has 0 aromatic carbocycles. The number of ether oxygens (including phenoxy) is 2. The van der Waals surface area contributed by atoms with E-state index in [0.717, 1.165) is 0 Å². The average Bonchev–Trinajstić information content (AvgIpc) is 3.25. The topological polar surface area (TPSA) is 90.6 Å². The lowest BCUT2D eigenvalue weighted by atomic mass is 10.1. The highest BCUT2D eigenvalue weighted by molar-refractivity contribution is 5.96. The molecule has 1 aliphatic heterocycles. The van der Waals surface area contributed by atoms with Crippen LogP contribution in [-0.2, 0) is 4.74 Å². The Balaban J connectivity index is 1.87. The van der Waals surface area contributed by atoms with Gasteiger partial charge in [0.15, 0.2) is 0 Å². The maximum atomic E-state index is 13.2. The Hall–Kier alpha value is -2.48. The molecular weight excluding hydrogens is 336 g/mol. The first-order valence-electron chi connectivity index (χ1n) is 8.71. The lowest BCUT2D eigenvalue weighted by Crippen LogP contribution is -2.32. The van der Waals surface area contributed by atoms with Gasteiger partial charge in [-0.3, -0.25) is 4.79 Å². The van der Waals surface area contributed by atoms with Gasteiger partial charge in [0.05, 0.1) is 12.7 Å². The van der Waals surface area contributed by atoms with Crippen LogP contribution in [0.4, 0.5) is 0 Å². The number of likely N-dealkylation sites (tertiary alicyclic amines) is 1. The van der Waals surface area contributed by atoms with E-state index in [1.54, 1.807) is 37.3 Å². The van der Waals surface area contributed by atoms with Gasteiger partial charge in [0.1, 0.15) is 11.6 Å². The molecule has 2 aromatic heterocycles. The number of hydrogen-bond donors (Lipinski definition) is 0. The molecule has 26 heavy (non-hydrogen) atoms. The number of aromatic nitrogens is 3. The van der Waals surface area contributed by atoms with Gasteiger partial charge in [0.25, 0.3) is 5.91 Å². The fraction of sp³-hybridized carbons (Fsp3) is 0.556. The molecule has 3 rings (SSSR count). The fourth-order valence-electron chi connectivity index (χ4n) is 2.94. The van der Waals surface area contributed by atoms with Crippen molar-refractivity contribution in [3.8, 4) is 5.88 Å². The Bertz CT molecular complexity index is 761. The fourth-order valence-corrected chi connectivity index (χ4v) is 2.94. The molecule has 0 aliphatic carbocycles. The van der Waals surface area contributed by atoms with Crippen LogP contribution in [0.15, 0.2) is 22.7 Å². The molecule has 1 saturated heterocycles. The van der Waals surface area contributed by atoms with Crippen molar-refractivity contribution in [1.82, 2.24) is 20.1 Å². The summed E-state index contributed by atoms with van der Waals surface area (Å²) >= 11 is 0. The molecule has 0 unspecified atom stereocenters. The molecule has 8 nitrogen and oxygen atoms in total. The van der Waals surface area contributed by atoms with Gasteiger partial charge in [-0.25, -0.2) is 4.98 Å². The molecule has 1 amide bonds. The third-order valence-electron chi connectivity index (χ3n) is 4.24. The molecular formula is C18H24N4O4. The van der Waals surface area contributed by atoms with Crippen LogP contribution in [0, 0.1) is 12.8 Å². The van der Waals surface area contributed by atoms with Gasteiger partial charge in [-0.1, -0.05) is 13.8 Å². The zero-order chi connectivity index (χ0) is 18.7. The number of carbonyl (C=O) groups excluding carboxylic acids is 1. The first-order chi connectivity index (χ1) is 12.5. The van der Waals surface area contributed by atoms with E-state index in [2.05, 4.69) is 15.2 Å². The number of hydrogen-bond acceptors (Lipinski definition) is 7. The third-order valence-corrected chi connectivity index (χ3v) is 4.24. The number of carbonyl (C=O) groups is 1. The Labute approximate surface area is 152 Å². The Kier molecular flexibility index (Phi) is 5.51. The smallest absolute Gasteiger partial charge is 0.260 e. The largest absolute Gasteiger partial charge is 0.477 e. The van der Waals surface area contributed by atoms with Gasteiger partial charge in [-0.05, 0) is 18.1 Å². The van der Waals surface area contributed by atoms with Crippen molar-refractivity contribution < 1.29 is 18.7 Å². The summed E-state index contributed by atoms with van der Waals surface area (Å²) in [6.07, 6.45) is 2.13. The summed E-state index contributed by atoms with van der Waals surface area (Å²) < 4.78 is 16.8. The zero-order valence-electron chi connectivity index (χ0n) is 15.5. The summed E-state index contributed by atoms with van der Waals surface area (Å²) in [5.41, 5.74) is 0.422. The molecule has 0 radical (unpaired) electrons. The summed E-state index contributed by atoms with van der Waals surface area (Å²) in [5, 5.41) is 7.97. The lowest BCUT2D eigenvalue weighted by molar-refractivity contribution is 0.0668. The van der Waals surface area contributed by atoms with E-state index < -0.39 is 0 Å². The highest BCUT2D eigenvalue weighted by Crippen LogP contribution is 2.34. The molecule has 0 N–H and O–H groups in total. The Morgan fingerprint density at radius 2 is 2.23 bits per heavy atom. The van der Waals surface area contributed by atoms with Gasteiger partial charge in [-0.15, -0.1) is 10.2 Å². The minimum Gasteiger partial charge on any atom is -0.477 e. The molecule has 1 fully saturated rings. The van der Waals surface area contributed by atoms with Gasteiger partial charge in [0.2, 0.25) is 17.7 Å². The van der Waals surface area contributed by atoms with Crippen LogP contribution in [-0.4, -0.2) is 52.4 Å². The van der Waals surface area contributed by atoms with Crippen molar-refractivity contribution in [2.45, 2.75) is 39.3 Å². The summed E-state index contributed by atoms with van der Waals surface area (Å²) in [4.78, 5) is 19.2. The predicted octanol–water partition coefficient (Wildman–Crippen LogP) is 2.41. The SMILES string of the molecule is CO[C@H]1C[C@H](c2nnc(C)o2)N(C(=O)c2cccnc2OCC(C)C)C1. The number of methoxy groups -OCH3 is 1. The second-order valence-corrected chi connectivity index (χ2v) is 6.79. The minimum atomic E-state index is -0.327. The van der Waals surface area contributed by atoms with Gasteiger partial charge in [-0.2, -0.15) is 0 Å². The van der Waals surface area contributed by atoms with E-state index in [0.29, 0.717) is 48.7 Å². The van der Waals surface area contributed by atoms with Gasteiger partial charge < -0.3 is 18.8 Å². The van der Waals surface area contributed by atoms with Crippen LogP contribution in [0.2, 0.25) is 0 Å². The third kappa shape index (κ3) is 3.85. The number of nitrogens with zero attached hydrogens (tertiary/aromatic N) is 4. The Morgan fingerprint density at radius 3 is 2.88 bits per heavy atom. The van der Waals surface area contributed by atoms with E-state index in [4.69, 9.17) is 13.9 Å². The van der Waals surface area contributed by atoms with Crippen molar-refractivity contribution >= 4 is 5.91 Å². The maximum absolute atomic E-state index is 13.2.